The molecule has 1 saturated heterocycles. The van der Waals surface area contributed by atoms with Gasteiger partial charge in [0.25, 0.3) is 0 Å². The Balaban J connectivity index is 1.59. The number of hydrogen-bond acceptors (Lipinski definition) is 4. The zero-order valence-corrected chi connectivity index (χ0v) is 16.2. The Labute approximate surface area is 158 Å². The third-order valence-corrected chi connectivity index (χ3v) is 5.44. The molecule has 138 valence electrons. The molecule has 1 atom stereocenters. The van der Waals surface area contributed by atoms with Crippen LogP contribution in [0.15, 0.2) is 24.4 Å². The van der Waals surface area contributed by atoms with Crippen LogP contribution in [0.2, 0.25) is 5.15 Å². The van der Waals surface area contributed by atoms with Gasteiger partial charge in [0, 0.05) is 53.9 Å². The van der Waals surface area contributed by atoms with Gasteiger partial charge in [-0.2, -0.15) is 0 Å². The highest BCUT2D eigenvalue weighted by molar-refractivity contribution is 6.31. The van der Waals surface area contributed by atoms with Crippen molar-refractivity contribution >= 4 is 34.2 Å². The molecule has 1 amide bonds. The Hall–Kier alpha value is -2.01. The first-order valence-corrected chi connectivity index (χ1v) is 9.52. The fourth-order valence-electron chi connectivity index (χ4n) is 3.99. The van der Waals surface area contributed by atoms with Gasteiger partial charge in [0.1, 0.15) is 10.8 Å². The number of amides is 1. The first kappa shape index (κ1) is 17.4. The summed E-state index contributed by atoms with van der Waals surface area (Å²) in [5.41, 5.74) is 1.87. The molecule has 2 aliphatic heterocycles. The van der Waals surface area contributed by atoms with E-state index in [0.717, 1.165) is 36.9 Å². The molecule has 26 heavy (non-hydrogen) atoms. The molecule has 3 heterocycles. The first-order chi connectivity index (χ1) is 12.3. The number of carbonyl (C=O) groups excluding carboxylic acids is 1. The van der Waals surface area contributed by atoms with Crippen molar-refractivity contribution in [3.8, 4) is 0 Å². The fourth-order valence-corrected chi connectivity index (χ4v) is 4.23. The van der Waals surface area contributed by atoms with Gasteiger partial charge >= 0.3 is 6.09 Å². The maximum Gasteiger partial charge on any atom is 0.410 e. The second-order valence-corrected chi connectivity index (χ2v) is 8.44. The van der Waals surface area contributed by atoms with Crippen LogP contribution in [0.3, 0.4) is 0 Å². The Kier molecular flexibility index (Phi) is 4.22. The zero-order chi connectivity index (χ0) is 18.5. The summed E-state index contributed by atoms with van der Waals surface area (Å²) < 4.78 is 5.53. The van der Waals surface area contributed by atoms with Gasteiger partial charge in [0.15, 0.2) is 0 Å². The standard InChI is InChI=1S/C20H24ClN3O2/c1-20(2,3)26-19(25)23-9-7-14(12-23)24-10-8-15-17-13(11-22-18(15)21)5-4-6-16(17)24/h4-6,11,14H,7-10,12H2,1-3H3. The van der Waals surface area contributed by atoms with Gasteiger partial charge in [-0.05, 0) is 39.7 Å². The number of halogens is 1. The van der Waals surface area contributed by atoms with Crippen LogP contribution in [0.4, 0.5) is 10.5 Å². The summed E-state index contributed by atoms with van der Waals surface area (Å²) in [7, 11) is 0. The molecule has 0 aliphatic carbocycles. The molecule has 0 N–H and O–H groups in total. The second kappa shape index (κ2) is 6.31. The largest absolute Gasteiger partial charge is 0.444 e. The summed E-state index contributed by atoms with van der Waals surface area (Å²) in [5.74, 6) is 0. The van der Waals surface area contributed by atoms with Crippen molar-refractivity contribution in [2.45, 2.75) is 45.3 Å². The van der Waals surface area contributed by atoms with E-state index in [1.807, 2.05) is 31.9 Å². The molecular formula is C20H24ClN3O2. The number of rotatable bonds is 1. The lowest BCUT2D eigenvalue weighted by Gasteiger charge is -2.36. The number of pyridine rings is 1. The van der Waals surface area contributed by atoms with Gasteiger partial charge in [0.05, 0.1) is 0 Å². The van der Waals surface area contributed by atoms with E-state index in [0.29, 0.717) is 17.7 Å². The molecule has 0 radical (unpaired) electrons. The van der Waals surface area contributed by atoms with Crippen LogP contribution < -0.4 is 4.90 Å². The van der Waals surface area contributed by atoms with Crippen molar-refractivity contribution in [2.75, 3.05) is 24.5 Å². The number of ether oxygens (including phenoxy) is 1. The van der Waals surface area contributed by atoms with Crippen LogP contribution in [-0.2, 0) is 11.2 Å². The highest BCUT2D eigenvalue weighted by Crippen LogP contribution is 2.38. The van der Waals surface area contributed by atoms with Gasteiger partial charge in [-0.1, -0.05) is 23.7 Å². The Morgan fingerprint density at radius 3 is 2.88 bits per heavy atom. The number of benzene rings is 1. The number of aromatic nitrogens is 1. The van der Waals surface area contributed by atoms with Crippen molar-refractivity contribution in [3.63, 3.8) is 0 Å². The number of hydrogen-bond donors (Lipinski definition) is 0. The van der Waals surface area contributed by atoms with E-state index in [1.54, 1.807) is 0 Å². The van der Waals surface area contributed by atoms with E-state index in [2.05, 4.69) is 28.1 Å². The van der Waals surface area contributed by atoms with Crippen molar-refractivity contribution < 1.29 is 9.53 Å². The predicted octanol–water partition coefficient (Wildman–Crippen LogP) is 4.26. The van der Waals surface area contributed by atoms with Crippen LogP contribution in [-0.4, -0.2) is 47.3 Å². The third kappa shape index (κ3) is 3.09. The van der Waals surface area contributed by atoms with Crippen molar-refractivity contribution in [3.05, 3.63) is 35.1 Å². The summed E-state index contributed by atoms with van der Waals surface area (Å²) in [6, 6.07) is 6.60. The normalized spacial score (nSPS) is 19.9. The molecule has 1 fully saturated rings. The smallest absolute Gasteiger partial charge is 0.410 e. The molecule has 1 unspecified atom stereocenters. The predicted molar refractivity (Wildman–Crippen MR) is 104 cm³/mol. The van der Waals surface area contributed by atoms with Gasteiger partial charge in [-0.25, -0.2) is 9.78 Å². The Morgan fingerprint density at radius 1 is 1.31 bits per heavy atom. The molecule has 0 saturated carbocycles. The maximum absolute atomic E-state index is 12.4. The van der Waals surface area contributed by atoms with E-state index in [9.17, 15) is 4.79 Å². The molecular weight excluding hydrogens is 350 g/mol. The minimum Gasteiger partial charge on any atom is -0.444 e. The van der Waals surface area contributed by atoms with Crippen LogP contribution in [0.25, 0.3) is 10.8 Å². The number of likely N-dealkylation sites (tertiary alicyclic amines) is 1. The van der Waals surface area contributed by atoms with Crippen LogP contribution in [0.5, 0.6) is 0 Å². The van der Waals surface area contributed by atoms with Crippen LogP contribution in [0, 0.1) is 0 Å². The lowest BCUT2D eigenvalue weighted by molar-refractivity contribution is 0.0292. The molecule has 6 heteroatoms. The zero-order valence-electron chi connectivity index (χ0n) is 15.5. The summed E-state index contributed by atoms with van der Waals surface area (Å²) >= 11 is 6.34. The Morgan fingerprint density at radius 2 is 2.12 bits per heavy atom. The summed E-state index contributed by atoms with van der Waals surface area (Å²) in [6.07, 6.45) is 3.45. The average Bonchev–Trinajstić information content (AvgIpc) is 3.06. The summed E-state index contributed by atoms with van der Waals surface area (Å²) in [5, 5.41) is 2.93. The fraction of sp³-hybridized carbons (Fsp3) is 0.500. The van der Waals surface area contributed by atoms with Crippen molar-refractivity contribution in [1.82, 2.24) is 9.88 Å². The third-order valence-electron chi connectivity index (χ3n) is 5.11. The number of nitrogens with zero attached hydrogens (tertiary/aromatic N) is 3. The van der Waals surface area contributed by atoms with E-state index < -0.39 is 5.60 Å². The first-order valence-electron chi connectivity index (χ1n) is 9.14. The molecule has 0 spiro atoms. The quantitative estimate of drug-likeness (QED) is 0.700. The Bertz CT molecular complexity index is 862. The second-order valence-electron chi connectivity index (χ2n) is 8.08. The van der Waals surface area contributed by atoms with Crippen molar-refractivity contribution in [2.24, 2.45) is 0 Å². The lowest BCUT2D eigenvalue weighted by Crippen LogP contribution is -2.42. The summed E-state index contributed by atoms with van der Waals surface area (Å²) in [4.78, 5) is 21.0. The molecule has 1 aromatic carbocycles. The highest BCUT2D eigenvalue weighted by Gasteiger charge is 2.35. The maximum atomic E-state index is 12.4. The van der Waals surface area contributed by atoms with E-state index >= 15 is 0 Å². The lowest BCUT2D eigenvalue weighted by atomic mass is 9.97. The van der Waals surface area contributed by atoms with Gasteiger partial charge < -0.3 is 14.5 Å². The highest BCUT2D eigenvalue weighted by atomic mass is 35.5. The van der Waals surface area contributed by atoms with Crippen LogP contribution in [0.1, 0.15) is 32.8 Å². The number of anilines is 1. The van der Waals surface area contributed by atoms with Gasteiger partial charge in [0.2, 0.25) is 0 Å². The van der Waals surface area contributed by atoms with Gasteiger partial charge in [-0.3, -0.25) is 0 Å². The molecule has 2 aliphatic rings. The van der Waals surface area contributed by atoms with E-state index in [-0.39, 0.29) is 6.09 Å². The van der Waals surface area contributed by atoms with E-state index in [1.165, 1.54) is 11.1 Å². The van der Waals surface area contributed by atoms with E-state index in [4.69, 9.17) is 16.3 Å². The topological polar surface area (TPSA) is 45.7 Å². The molecule has 2 aromatic rings. The number of carbonyl (C=O) groups is 1. The monoisotopic (exact) mass is 373 g/mol. The van der Waals surface area contributed by atoms with Crippen LogP contribution >= 0.6 is 11.6 Å². The molecule has 5 nitrogen and oxygen atoms in total. The molecule has 1 aromatic heterocycles. The van der Waals surface area contributed by atoms with Gasteiger partial charge in [-0.15, -0.1) is 0 Å². The van der Waals surface area contributed by atoms with Crippen molar-refractivity contribution in [1.29, 1.82) is 0 Å². The SMILES string of the molecule is CC(C)(C)OC(=O)N1CCC(N2CCc3c(Cl)ncc4cccc2c34)C1. The molecule has 4 rings (SSSR count). The summed E-state index contributed by atoms with van der Waals surface area (Å²) in [6.45, 7) is 8.02. The minimum atomic E-state index is -0.464. The average molecular weight is 374 g/mol. The molecule has 0 bridgehead atoms. The minimum absolute atomic E-state index is 0.220.